The van der Waals surface area contributed by atoms with E-state index in [0.717, 1.165) is 19.1 Å². The highest BCUT2D eigenvalue weighted by molar-refractivity contribution is 7.88. The maximum Gasteiger partial charge on any atom is 0.323 e. The highest BCUT2D eigenvalue weighted by atomic mass is 32.2. The highest BCUT2D eigenvalue weighted by Gasteiger charge is 2.31. The summed E-state index contributed by atoms with van der Waals surface area (Å²) in [5.74, 6) is -0.811. The van der Waals surface area contributed by atoms with Gasteiger partial charge in [-0.3, -0.25) is 4.79 Å². The minimum atomic E-state index is -3.46. The Labute approximate surface area is 253 Å². The van der Waals surface area contributed by atoms with E-state index < -0.39 is 39.9 Å². The zero-order valence-corrected chi connectivity index (χ0v) is 26.2. The Hall–Kier alpha value is -3.26. The lowest BCUT2D eigenvalue weighted by Gasteiger charge is -2.35. The van der Waals surface area contributed by atoms with Crippen molar-refractivity contribution < 1.29 is 37.0 Å². The van der Waals surface area contributed by atoms with Crippen molar-refractivity contribution in [2.45, 2.75) is 58.3 Å². The maximum atomic E-state index is 14.1. The molecule has 2 aromatic carbocycles. The number of likely N-dealkylation sites (N-methyl/N-ethyl adjacent to an activating group) is 1. The minimum absolute atomic E-state index is 0.114. The standard InChI is InChI=1S/C30H43FN4O7S/c1-20-17-35(21(2)19-36)29(37)26-16-25(33-30(38)32-24-11-9-23(31)10-12-24)13-14-27(26)42-22(3)8-6-7-15-41-28(20)18-34(4)43(5,39)40/h9-14,16,20-22,28,36H,6-8,15,17-19H2,1-5H3,(H2,32,33,38)/t20-,21+,22-,28-/m0/s1. The summed E-state index contributed by atoms with van der Waals surface area (Å²) in [6.07, 6.45) is 2.63. The molecule has 3 rings (SSSR count). The van der Waals surface area contributed by atoms with Gasteiger partial charge in [0, 0.05) is 44.0 Å². The maximum absolute atomic E-state index is 14.1. The number of aliphatic hydroxyl groups is 1. The molecule has 1 aliphatic heterocycles. The quantitative estimate of drug-likeness (QED) is 0.422. The van der Waals surface area contributed by atoms with Gasteiger partial charge in [0.2, 0.25) is 10.0 Å². The summed E-state index contributed by atoms with van der Waals surface area (Å²) in [7, 11) is -1.96. The lowest BCUT2D eigenvalue weighted by molar-refractivity contribution is -0.00828. The van der Waals surface area contributed by atoms with Crippen LogP contribution in [0.3, 0.4) is 0 Å². The summed E-state index contributed by atoms with van der Waals surface area (Å²) in [4.78, 5) is 28.3. The first-order valence-corrected chi connectivity index (χ1v) is 16.2. The Morgan fingerprint density at radius 1 is 1.14 bits per heavy atom. The molecule has 0 aliphatic carbocycles. The van der Waals surface area contributed by atoms with Gasteiger partial charge >= 0.3 is 6.03 Å². The van der Waals surface area contributed by atoms with Crippen molar-refractivity contribution in [1.82, 2.24) is 9.21 Å². The topological polar surface area (TPSA) is 138 Å². The summed E-state index contributed by atoms with van der Waals surface area (Å²) < 4.78 is 51.1. The number of anilines is 2. The molecule has 11 nitrogen and oxygen atoms in total. The third kappa shape index (κ3) is 10.2. The average molecular weight is 623 g/mol. The molecule has 13 heteroatoms. The third-order valence-electron chi connectivity index (χ3n) is 7.41. The van der Waals surface area contributed by atoms with Gasteiger partial charge in [-0.25, -0.2) is 21.9 Å². The largest absolute Gasteiger partial charge is 0.490 e. The first-order chi connectivity index (χ1) is 20.3. The van der Waals surface area contributed by atoms with Crippen molar-refractivity contribution in [2.75, 3.05) is 50.2 Å². The summed E-state index contributed by atoms with van der Waals surface area (Å²) in [5, 5.41) is 15.4. The van der Waals surface area contributed by atoms with E-state index >= 15 is 0 Å². The molecule has 0 bridgehead atoms. The second-order valence-electron chi connectivity index (χ2n) is 11.1. The van der Waals surface area contributed by atoms with E-state index in [1.807, 2.05) is 13.8 Å². The first kappa shape index (κ1) is 34.2. The van der Waals surface area contributed by atoms with Crippen LogP contribution in [0.2, 0.25) is 0 Å². The fourth-order valence-electron chi connectivity index (χ4n) is 4.68. The number of nitrogens with one attached hydrogen (secondary N) is 2. The zero-order chi connectivity index (χ0) is 31.7. The van der Waals surface area contributed by atoms with E-state index in [0.29, 0.717) is 30.2 Å². The average Bonchev–Trinajstić information content (AvgIpc) is 2.95. The lowest BCUT2D eigenvalue weighted by Crippen LogP contribution is -2.47. The number of carbonyl (C=O) groups excluding carboxylic acids is 2. The lowest BCUT2D eigenvalue weighted by atomic mass is 10.0. The monoisotopic (exact) mass is 622 g/mol. The Balaban J connectivity index is 1.94. The normalized spacial score (nSPS) is 21.3. The Morgan fingerprint density at radius 2 is 1.79 bits per heavy atom. The van der Waals surface area contributed by atoms with Crippen molar-refractivity contribution in [2.24, 2.45) is 5.92 Å². The van der Waals surface area contributed by atoms with Gasteiger partial charge in [0.1, 0.15) is 11.6 Å². The van der Waals surface area contributed by atoms with E-state index in [1.54, 1.807) is 19.1 Å². The third-order valence-corrected chi connectivity index (χ3v) is 8.70. The number of rotatable bonds is 7. The minimum Gasteiger partial charge on any atom is -0.490 e. The number of amides is 3. The molecule has 0 spiro atoms. The van der Waals surface area contributed by atoms with Gasteiger partial charge in [-0.15, -0.1) is 0 Å². The van der Waals surface area contributed by atoms with Gasteiger partial charge in [0.05, 0.1) is 36.7 Å². The smallest absolute Gasteiger partial charge is 0.323 e. The van der Waals surface area contributed by atoms with Crippen molar-refractivity contribution in [3.63, 3.8) is 0 Å². The molecule has 238 valence electrons. The van der Waals surface area contributed by atoms with Crippen LogP contribution >= 0.6 is 0 Å². The number of sulfonamides is 1. The molecule has 3 N–H and O–H groups in total. The Morgan fingerprint density at radius 3 is 2.44 bits per heavy atom. The molecule has 4 atom stereocenters. The van der Waals surface area contributed by atoms with E-state index in [9.17, 15) is 27.5 Å². The van der Waals surface area contributed by atoms with Gasteiger partial charge in [-0.1, -0.05) is 6.92 Å². The molecule has 2 aromatic rings. The van der Waals surface area contributed by atoms with Crippen LogP contribution < -0.4 is 15.4 Å². The van der Waals surface area contributed by atoms with Gasteiger partial charge in [-0.05, 0) is 75.6 Å². The first-order valence-electron chi connectivity index (χ1n) is 14.4. The fourth-order valence-corrected chi connectivity index (χ4v) is 5.10. The van der Waals surface area contributed by atoms with Crippen LogP contribution in [-0.4, -0.2) is 92.5 Å². The number of hydrogen-bond donors (Lipinski definition) is 3. The molecule has 0 aromatic heterocycles. The van der Waals surface area contributed by atoms with E-state index in [1.165, 1.54) is 46.6 Å². The van der Waals surface area contributed by atoms with Gasteiger partial charge in [0.15, 0.2) is 0 Å². The number of benzene rings is 2. The zero-order valence-electron chi connectivity index (χ0n) is 25.4. The molecule has 0 saturated carbocycles. The van der Waals surface area contributed by atoms with Crippen molar-refractivity contribution in [1.29, 1.82) is 0 Å². The van der Waals surface area contributed by atoms with Crippen LogP contribution in [0, 0.1) is 11.7 Å². The van der Waals surface area contributed by atoms with Crippen LogP contribution in [0.5, 0.6) is 5.75 Å². The number of urea groups is 1. The van der Waals surface area contributed by atoms with Crippen molar-refractivity contribution >= 4 is 33.3 Å². The van der Waals surface area contributed by atoms with Crippen LogP contribution in [-0.2, 0) is 14.8 Å². The molecule has 0 fully saturated rings. The number of nitrogens with zero attached hydrogens (tertiary/aromatic N) is 2. The fraction of sp³-hybridized carbons (Fsp3) is 0.533. The Bertz CT molecular complexity index is 1340. The number of hydrogen-bond acceptors (Lipinski definition) is 7. The van der Waals surface area contributed by atoms with Crippen LogP contribution in [0.15, 0.2) is 42.5 Å². The number of halogens is 1. The Kier molecular flexibility index (Phi) is 12.3. The molecule has 1 aliphatic rings. The number of aliphatic hydroxyl groups excluding tert-OH is 1. The molecule has 3 amide bonds. The van der Waals surface area contributed by atoms with E-state index in [2.05, 4.69) is 10.6 Å². The molecular weight excluding hydrogens is 579 g/mol. The molecule has 0 radical (unpaired) electrons. The van der Waals surface area contributed by atoms with E-state index in [4.69, 9.17) is 9.47 Å². The van der Waals surface area contributed by atoms with Gasteiger partial charge < -0.3 is 30.1 Å². The number of carbonyl (C=O) groups is 2. The predicted octanol–water partition coefficient (Wildman–Crippen LogP) is 4.16. The van der Waals surface area contributed by atoms with Crippen LogP contribution in [0.1, 0.15) is 50.4 Å². The molecule has 1 heterocycles. The van der Waals surface area contributed by atoms with Gasteiger partial charge in [-0.2, -0.15) is 0 Å². The number of ether oxygens (including phenoxy) is 2. The molecule has 0 saturated heterocycles. The van der Waals surface area contributed by atoms with E-state index in [-0.39, 0.29) is 37.3 Å². The second kappa shape index (κ2) is 15.5. The van der Waals surface area contributed by atoms with Crippen LogP contribution in [0.4, 0.5) is 20.6 Å². The number of fused-ring (bicyclic) bond motifs is 1. The molecular formula is C30H43FN4O7S. The summed E-state index contributed by atoms with van der Waals surface area (Å²) in [6, 6.07) is 8.91. The predicted molar refractivity (Wildman–Crippen MR) is 163 cm³/mol. The second-order valence-corrected chi connectivity index (χ2v) is 13.2. The summed E-state index contributed by atoms with van der Waals surface area (Å²) in [5.41, 5.74) is 0.909. The summed E-state index contributed by atoms with van der Waals surface area (Å²) >= 11 is 0. The van der Waals surface area contributed by atoms with Crippen LogP contribution in [0.25, 0.3) is 0 Å². The van der Waals surface area contributed by atoms with Crippen molar-refractivity contribution in [3.8, 4) is 5.75 Å². The van der Waals surface area contributed by atoms with Crippen molar-refractivity contribution in [3.05, 3.63) is 53.8 Å². The SMILES string of the molecule is C[C@H](CO)N1C[C@H](C)[C@H](CN(C)S(C)(=O)=O)OCCCC[C@H](C)Oc2ccc(NC(=O)Nc3ccc(F)cc3)cc2C1=O. The summed E-state index contributed by atoms with van der Waals surface area (Å²) in [6.45, 7) is 5.90. The molecule has 43 heavy (non-hydrogen) atoms. The molecule has 0 unspecified atom stereocenters. The van der Waals surface area contributed by atoms with Gasteiger partial charge in [0.25, 0.3) is 5.91 Å². The highest BCUT2D eigenvalue weighted by Crippen LogP contribution is 2.28.